The van der Waals surface area contributed by atoms with E-state index in [1.165, 1.54) is 11.1 Å². The summed E-state index contributed by atoms with van der Waals surface area (Å²) in [6.45, 7) is 4.24. The Kier molecular flexibility index (Phi) is 3.55. The van der Waals surface area contributed by atoms with Crippen molar-refractivity contribution in [1.29, 1.82) is 0 Å². The van der Waals surface area contributed by atoms with E-state index in [1.807, 2.05) is 0 Å². The van der Waals surface area contributed by atoms with Crippen LogP contribution in [0.4, 0.5) is 0 Å². The van der Waals surface area contributed by atoms with E-state index in [2.05, 4.69) is 32.4 Å². The number of allylic oxidation sites excluding steroid dienone is 4. The molecule has 0 N–H and O–H groups in total. The summed E-state index contributed by atoms with van der Waals surface area (Å²) in [5, 5.41) is 0. The Morgan fingerprint density at radius 2 is 1.38 bits per heavy atom. The van der Waals surface area contributed by atoms with Crippen LogP contribution in [0.2, 0.25) is 0 Å². The zero-order valence-electron chi connectivity index (χ0n) is 5.23. The summed E-state index contributed by atoms with van der Waals surface area (Å²) in [7, 11) is 0. The van der Waals surface area contributed by atoms with Crippen molar-refractivity contribution in [3.63, 3.8) is 0 Å². The molecule has 1 heteroatoms. The van der Waals surface area contributed by atoms with Gasteiger partial charge in [0.1, 0.15) is 0 Å². The third kappa shape index (κ3) is 1.70. The minimum Gasteiger partial charge on any atom is -0.0735 e. The van der Waals surface area contributed by atoms with Crippen LogP contribution in [-0.2, 0) is 26.2 Å². The quantitative estimate of drug-likeness (QED) is 0.541. The fraction of sp³-hybridized carbons (Fsp3) is 0.286. The second-order valence-corrected chi connectivity index (χ2v) is 1.89. The van der Waals surface area contributed by atoms with E-state index in [4.69, 9.17) is 0 Å². The molecule has 0 saturated heterocycles. The molecule has 1 aliphatic carbocycles. The first-order valence-electron chi connectivity index (χ1n) is 2.49. The summed E-state index contributed by atoms with van der Waals surface area (Å²) in [4.78, 5) is 0. The van der Waals surface area contributed by atoms with E-state index >= 15 is 0 Å². The zero-order chi connectivity index (χ0) is 5.28. The van der Waals surface area contributed by atoms with E-state index in [0.29, 0.717) is 0 Å². The van der Waals surface area contributed by atoms with Crippen molar-refractivity contribution in [2.75, 3.05) is 0 Å². The summed E-state index contributed by atoms with van der Waals surface area (Å²) >= 11 is 0. The molecule has 0 fully saturated rings. The van der Waals surface area contributed by atoms with Crippen LogP contribution in [0.5, 0.6) is 0 Å². The van der Waals surface area contributed by atoms with Crippen molar-refractivity contribution in [3.8, 4) is 0 Å². The molecule has 1 rings (SSSR count). The monoisotopic (exact) mass is 183 g/mol. The molecule has 1 radical (unpaired) electrons. The normalized spacial score (nSPS) is 16.8. The topological polar surface area (TPSA) is 0 Å². The van der Waals surface area contributed by atoms with Crippen LogP contribution in [0.1, 0.15) is 13.8 Å². The van der Waals surface area contributed by atoms with Gasteiger partial charge in [-0.3, -0.25) is 0 Å². The van der Waals surface area contributed by atoms with Crippen molar-refractivity contribution in [1.82, 2.24) is 0 Å². The fourth-order valence-corrected chi connectivity index (χ4v) is 0.600. The standard InChI is InChI=1S/C7H9.Zr/c1-6-4-3-5-7(6)2;/h3-5H,1-2H3;. The second-order valence-electron chi connectivity index (χ2n) is 1.89. The first kappa shape index (κ1) is 8.36. The van der Waals surface area contributed by atoms with Gasteiger partial charge in [0.15, 0.2) is 0 Å². The molecular weight excluding hydrogens is 175 g/mol. The molecule has 0 bridgehead atoms. The van der Waals surface area contributed by atoms with Crippen molar-refractivity contribution in [2.24, 2.45) is 0 Å². The molecule has 41 valence electrons. The largest absolute Gasteiger partial charge is 0.0735 e. The van der Waals surface area contributed by atoms with Gasteiger partial charge in [0, 0.05) is 32.6 Å². The first-order valence-corrected chi connectivity index (χ1v) is 2.49. The third-order valence-corrected chi connectivity index (χ3v) is 1.31. The third-order valence-electron chi connectivity index (χ3n) is 1.31. The summed E-state index contributed by atoms with van der Waals surface area (Å²) in [5.41, 5.74) is 2.78. The maximum absolute atomic E-state index is 2.12. The van der Waals surface area contributed by atoms with Gasteiger partial charge in [-0.15, -0.1) is 0 Å². The predicted molar refractivity (Wildman–Crippen MR) is 31.8 cm³/mol. The summed E-state index contributed by atoms with van der Waals surface area (Å²) in [5.74, 6) is 0. The van der Waals surface area contributed by atoms with Gasteiger partial charge in [0.25, 0.3) is 0 Å². The van der Waals surface area contributed by atoms with E-state index in [9.17, 15) is 0 Å². The van der Waals surface area contributed by atoms with Gasteiger partial charge in [-0.2, -0.15) is 0 Å². The van der Waals surface area contributed by atoms with Gasteiger partial charge in [-0.25, -0.2) is 0 Å². The van der Waals surface area contributed by atoms with E-state index in [1.54, 1.807) is 0 Å². The van der Waals surface area contributed by atoms with E-state index in [0.717, 1.165) is 0 Å². The van der Waals surface area contributed by atoms with Crippen LogP contribution in [0.15, 0.2) is 23.3 Å². The van der Waals surface area contributed by atoms with Gasteiger partial charge in [-0.05, 0) is 13.8 Å². The van der Waals surface area contributed by atoms with Gasteiger partial charge < -0.3 is 0 Å². The van der Waals surface area contributed by atoms with Gasteiger partial charge >= 0.3 is 0 Å². The average molecular weight is 184 g/mol. The maximum atomic E-state index is 2.12. The fourth-order valence-electron chi connectivity index (χ4n) is 0.600. The van der Waals surface area contributed by atoms with Gasteiger partial charge in [-0.1, -0.05) is 23.3 Å². The number of hydrogen-bond donors (Lipinski definition) is 0. The summed E-state index contributed by atoms with van der Waals surface area (Å²) < 4.78 is 0. The molecule has 0 unspecified atom stereocenters. The minimum atomic E-state index is 0. The summed E-state index contributed by atoms with van der Waals surface area (Å²) in [6, 6.07) is 0. The van der Waals surface area contributed by atoms with Gasteiger partial charge in [0.05, 0.1) is 0 Å². The SMILES string of the molecule is CC1=C[CH]C=C1C.[Zr]. The predicted octanol–water partition coefficient (Wildman–Crippen LogP) is 2.09. The Hall–Kier alpha value is 0.363. The van der Waals surface area contributed by atoms with Crippen LogP contribution in [-0.4, -0.2) is 0 Å². The molecule has 1 aliphatic rings. The molecule has 0 aliphatic heterocycles. The maximum Gasteiger partial charge on any atom is 0.00562 e. The van der Waals surface area contributed by atoms with Crippen molar-refractivity contribution >= 4 is 0 Å². The first-order chi connectivity index (χ1) is 3.30. The molecule has 0 amide bonds. The Morgan fingerprint density at radius 3 is 1.50 bits per heavy atom. The van der Waals surface area contributed by atoms with Crippen LogP contribution >= 0.6 is 0 Å². The molecular formula is C7H9Zr. The van der Waals surface area contributed by atoms with E-state index in [-0.39, 0.29) is 26.2 Å². The molecule has 0 aromatic carbocycles. The Bertz CT molecular complexity index is 115. The summed E-state index contributed by atoms with van der Waals surface area (Å²) in [6.07, 6.45) is 6.31. The minimum absolute atomic E-state index is 0. The average Bonchev–Trinajstić information content (AvgIpc) is 1.91. The molecule has 0 saturated carbocycles. The van der Waals surface area contributed by atoms with E-state index < -0.39 is 0 Å². The number of hydrogen-bond acceptors (Lipinski definition) is 0. The van der Waals surface area contributed by atoms with Crippen LogP contribution in [0, 0.1) is 6.42 Å². The molecule has 0 atom stereocenters. The molecule has 0 heterocycles. The van der Waals surface area contributed by atoms with Crippen molar-refractivity contribution < 1.29 is 26.2 Å². The number of rotatable bonds is 0. The Morgan fingerprint density at radius 1 is 1.00 bits per heavy atom. The van der Waals surface area contributed by atoms with Crippen LogP contribution in [0.25, 0.3) is 0 Å². The molecule has 0 spiro atoms. The van der Waals surface area contributed by atoms with Gasteiger partial charge in [0.2, 0.25) is 0 Å². The molecule has 0 aromatic heterocycles. The smallest absolute Gasteiger partial charge is 0.00562 e. The second kappa shape index (κ2) is 3.40. The molecule has 8 heavy (non-hydrogen) atoms. The zero-order valence-corrected chi connectivity index (χ0v) is 7.69. The van der Waals surface area contributed by atoms with Crippen LogP contribution in [0.3, 0.4) is 0 Å². The van der Waals surface area contributed by atoms with Crippen molar-refractivity contribution in [2.45, 2.75) is 13.8 Å². The molecule has 0 aromatic rings. The van der Waals surface area contributed by atoms with Crippen molar-refractivity contribution in [3.05, 3.63) is 29.7 Å². The Labute approximate surface area is 69.8 Å². The van der Waals surface area contributed by atoms with Crippen LogP contribution < -0.4 is 0 Å². The molecule has 0 nitrogen and oxygen atoms in total. The Balaban J connectivity index is 0.000000490.